The molecule has 2 rings (SSSR count). The van der Waals surface area contributed by atoms with Crippen molar-refractivity contribution >= 4 is 9.39 Å². The second-order valence-electron chi connectivity index (χ2n) is 3.56. The summed E-state index contributed by atoms with van der Waals surface area (Å²) >= 11 is 0. The minimum absolute atomic E-state index is 0.481. The van der Waals surface area contributed by atoms with E-state index in [1.54, 1.807) is 0 Å². The highest BCUT2D eigenvalue weighted by atomic mass is 31.0. The van der Waals surface area contributed by atoms with Crippen molar-refractivity contribution in [2.75, 3.05) is 0 Å². The van der Waals surface area contributed by atoms with E-state index in [1.807, 2.05) is 0 Å². The Hall–Kier alpha value is 0.350. The molecule has 2 nitrogen and oxygen atoms in total. The van der Waals surface area contributed by atoms with Crippen LogP contribution < -0.4 is 5.73 Å². The van der Waals surface area contributed by atoms with E-state index < -0.39 is 0 Å². The van der Waals surface area contributed by atoms with E-state index in [1.165, 1.54) is 25.7 Å². The molecule has 2 unspecified atom stereocenters. The topological polar surface area (TPSA) is 29.3 Å². The van der Waals surface area contributed by atoms with E-state index in [-0.39, 0.29) is 0 Å². The van der Waals surface area contributed by atoms with Crippen molar-refractivity contribution in [1.82, 2.24) is 4.67 Å². The third-order valence-electron chi connectivity index (χ3n) is 2.83. The Morgan fingerprint density at radius 3 is 2.20 bits per heavy atom. The molecule has 0 radical (unpaired) electrons. The van der Waals surface area contributed by atoms with Gasteiger partial charge in [0.2, 0.25) is 0 Å². The Balaban J connectivity index is 2.09. The van der Waals surface area contributed by atoms with Gasteiger partial charge in [0.15, 0.2) is 0 Å². The lowest BCUT2D eigenvalue weighted by Crippen LogP contribution is -2.42. The zero-order chi connectivity index (χ0) is 7.14. The number of hydrogen-bond acceptors (Lipinski definition) is 2. The largest absolute Gasteiger partial charge is 0.328 e. The van der Waals surface area contributed by atoms with Crippen LogP contribution in [0.25, 0.3) is 0 Å². The Morgan fingerprint density at radius 2 is 1.70 bits per heavy atom. The Labute approximate surface area is 64.4 Å². The molecule has 2 heterocycles. The van der Waals surface area contributed by atoms with Crippen LogP contribution in [0, 0.1) is 0 Å². The minimum atomic E-state index is 0.481. The maximum atomic E-state index is 5.88. The van der Waals surface area contributed by atoms with Crippen molar-refractivity contribution in [3.8, 4) is 0 Å². The van der Waals surface area contributed by atoms with Gasteiger partial charge in [0.1, 0.15) is 0 Å². The van der Waals surface area contributed by atoms with Gasteiger partial charge in [-0.05, 0) is 25.7 Å². The minimum Gasteiger partial charge on any atom is -0.328 e. The summed E-state index contributed by atoms with van der Waals surface area (Å²) in [5.41, 5.74) is 5.88. The van der Waals surface area contributed by atoms with Crippen LogP contribution in [0.4, 0.5) is 0 Å². The summed E-state index contributed by atoms with van der Waals surface area (Å²) in [5, 5.41) is 0. The van der Waals surface area contributed by atoms with Gasteiger partial charge in [-0.15, -0.1) is 0 Å². The second-order valence-corrected chi connectivity index (χ2v) is 4.16. The molecule has 0 spiro atoms. The summed E-state index contributed by atoms with van der Waals surface area (Å²) in [4.78, 5) is 0. The average Bonchev–Trinajstić information content (AvgIpc) is 2.20. The van der Waals surface area contributed by atoms with Gasteiger partial charge in [0.25, 0.3) is 0 Å². The maximum Gasteiger partial charge on any atom is 0.0148 e. The highest BCUT2D eigenvalue weighted by molar-refractivity contribution is 7.13. The number of fused-ring (bicyclic) bond motifs is 2. The Morgan fingerprint density at radius 1 is 1.20 bits per heavy atom. The molecule has 0 aliphatic carbocycles. The molecule has 3 heteroatoms. The normalized spacial score (nSPS) is 48.0. The fourth-order valence-electron chi connectivity index (χ4n) is 2.26. The lowest BCUT2D eigenvalue weighted by molar-refractivity contribution is 0.245. The van der Waals surface area contributed by atoms with Gasteiger partial charge in [0, 0.05) is 18.1 Å². The first kappa shape index (κ1) is 7.02. The van der Waals surface area contributed by atoms with Gasteiger partial charge < -0.3 is 5.73 Å². The molecule has 0 aromatic heterocycles. The first-order valence-electron chi connectivity index (χ1n) is 4.06. The van der Waals surface area contributed by atoms with E-state index in [0.717, 1.165) is 12.1 Å². The molecule has 2 saturated heterocycles. The Kier molecular flexibility index (Phi) is 1.71. The molecule has 2 aliphatic rings. The number of nitrogens with zero attached hydrogens (tertiary/aromatic N) is 1. The molecule has 10 heavy (non-hydrogen) atoms. The van der Waals surface area contributed by atoms with Crippen LogP contribution in [0.3, 0.4) is 0 Å². The molecular formula is C7H15N2P. The summed E-state index contributed by atoms with van der Waals surface area (Å²) in [6.45, 7) is 0. The highest BCUT2D eigenvalue weighted by Gasteiger charge is 2.36. The van der Waals surface area contributed by atoms with E-state index in [4.69, 9.17) is 5.73 Å². The number of rotatable bonds is 0. The second kappa shape index (κ2) is 2.44. The molecule has 0 saturated carbocycles. The quantitative estimate of drug-likeness (QED) is 0.526. The summed E-state index contributed by atoms with van der Waals surface area (Å²) < 4.78 is 2.43. The van der Waals surface area contributed by atoms with Gasteiger partial charge in [-0.2, -0.15) is 0 Å². The Bertz CT molecular complexity index is 126. The van der Waals surface area contributed by atoms with Crippen LogP contribution >= 0.6 is 9.39 Å². The van der Waals surface area contributed by atoms with Crippen molar-refractivity contribution in [3.05, 3.63) is 0 Å². The molecule has 2 N–H and O–H groups in total. The predicted molar refractivity (Wildman–Crippen MR) is 45.6 cm³/mol. The maximum absolute atomic E-state index is 5.88. The van der Waals surface area contributed by atoms with E-state index in [0.29, 0.717) is 6.04 Å². The van der Waals surface area contributed by atoms with Crippen LogP contribution in [-0.2, 0) is 0 Å². The van der Waals surface area contributed by atoms with Crippen LogP contribution in [0.1, 0.15) is 25.7 Å². The lowest BCUT2D eigenvalue weighted by Gasteiger charge is -2.34. The molecule has 0 aromatic rings. The number of piperidine rings is 1. The van der Waals surface area contributed by atoms with Gasteiger partial charge in [-0.25, -0.2) is 0 Å². The summed E-state index contributed by atoms with van der Waals surface area (Å²) in [5.74, 6) is 0. The van der Waals surface area contributed by atoms with Crippen molar-refractivity contribution < 1.29 is 0 Å². The molecule has 0 aromatic carbocycles. The van der Waals surface area contributed by atoms with Crippen molar-refractivity contribution in [1.29, 1.82) is 0 Å². The number of hydrogen-bond donors (Lipinski definition) is 1. The fraction of sp³-hybridized carbons (Fsp3) is 1.00. The predicted octanol–water partition coefficient (Wildman–Crippen LogP) is 0.731. The van der Waals surface area contributed by atoms with Crippen molar-refractivity contribution in [2.45, 2.75) is 43.8 Å². The van der Waals surface area contributed by atoms with Gasteiger partial charge in [-0.3, -0.25) is 4.67 Å². The van der Waals surface area contributed by atoms with Crippen molar-refractivity contribution in [2.24, 2.45) is 5.73 Å². The van der Waals surface area contributed by atoms with E-state index in [9.17, 15) is 0 Å². The first-order valence-corrected chi connectivity index (χ1v) is 4.57. The molecule has 2 aliphatic heterocycles. The average molecular weight is 158 g/mol. The third kappa shape index (κ3) is 0.990. The smallest absolute Gasteiger partial charge is 0.0148 e. The zero-order valence-corrected chi connectivity index (χ0v) is 7.32. The molecule has 4 atom stereocenters. The fourth-order valence-corrected chi connectivity index (χ4v) is 2.80. The first-order chi connectivity index (χ1) is 4.77. The monoisotopic (exact) mass is 158 g/mol. The molecule has 2 bridgehead atoms. The third-order valence-corrected chi connectivity index (χ3v) is 3.67. The van der Waals surface area contributed by atoms with E-state index in [2.05, 4.69) is 14.1 Å². The SMILES string of the molecule is NC1C[C@H]2CC[C@@H](C1)N2P. The highest BCUT2D eigenvalue weighted by Crippen LogP contribution is 2.37. The van der Waals surface area contributed by atoms with E-state index >= 15 is 0 Å². The standard InChI is InChI=1S/C7H15N2P/c8-5-3-6-1-2-7(4-5)9(6)10/h5-7H,1-4,8,10H2/t5?,6-,7+. The van der Waals surface area contributed by atoms with Crippen LogP contribution in [0.5, 0.6) is 0 Å². The summed E-state index contributed by atoms with van der Waals surface area (Å²) in [6.07, 6.45) is 5.14. The molecule has 2 fully saturated rings. The van der Waals surface area contributed by atoms with Crippen LogP contribution in [0.2, 0.25) is 0 Å². The van der Waals surface area contributed by atoms with Gasteiger partial charge >= 0.3 is 0 Å². The zero-order valence-electron chi connectivity index (χ0n) is 6.16. The molecule has 0 amide bonds. The van der Waals surface area contributed by atoms with Crippen molar-refractivity contribution in [3.63, 3.8) is 0 Å². The van der Waals surface area contributed by atoms with Gasteiger partial charge in [0.05, 0.1) is 0 Å². The number of nitrogens with two attached hydrogens (primary N) is 1. The summed E-state index contributed by atoms with van der Waals surface area (Å²) in [7, 11) is 2.84. The van der Waals surface area contributed by atoms with Crippen LogP contribution in [0.15, 0.2) is 0 Å². The van der Waals surface area contributed by atoms with Gasteiger partial charge in [-0.1, -0.05) is 9.39 Å². The lowest BCUT2D eigenvalue weighted by atomic mass is 10.0. The summed E-state index contributed by atoms with van der Waals surface area (Å²) in [6, 6.07) is 2.03. The molecular weight excluding hydrogens is 143 g/mol. The molecule has 58 valence electrons. The van der Waals surface area contributed by atoms with Crippen LogP contribution in [-0.4, -0.2) is 22.8 Å².